The van der Waals surface area contributed by atoms with E-state index in [2.05, 4.69) is 37.8 Å². The van der Waals surface area contributed by atoms with Crippen LogP contribution in [0.4, 0.5) is 5.69 Å². The Morgan fingerprint density at radius 1 is 1.33 bits per heavy atom. The number of benzene rings is 1. The fourth-order valence-electron chi connectivity index (χ4n) is 2.74. The Hall–Kier alpha value is -1.31. The second kappa shape index (κ2) is 4.75. The summed E-state index contributed by atoms with van der Waals surface area (Å²) in [5.41, 5.74) is 3.42. The van der Waals surface area contributed by atoms with E-state index in [4.69, 9.17) is 0 Å². The molecular weight excluding hydrogens is 222 g/mol. The molecule has 1 aromatic rings. The first kappa shape index (κ1) is 13.1. The molecule has 0 radical (unpaired) electrons. The number of aldehydes is 1. The molecule has 1 heterocycles. The highest BCUT2D eigenvalue weighted by molar-refractivity contribution is 5.85. The van der Waals surface area contributed by atoms with Gasteiger partial charge in [-0.1, -0.05) is 32.4 Å². The largest absolute Gasteiger partial charge is 0.371 e. The number of anilines is 1. The van der Waals surface area contributed by atoms with E-state index >= 15 is 0 Å². The molecule has 1 fully saturated rings. The fraction of sp³-hybridized carbons (Fsp3) is 0.562. The maximum Gasteiger partial charge on any atom is 0.152 e. The van der Waals surface area contributed by atoms with E-state index in [1.165, 1.54) is 6.42 Å². The van der Waals surface area contributed by atoms with Gasteiger partial charge in [-0.3, -0.25) is 4.79 Å². The van der Waals surface area contributed by atoms with Gasteiger partial charge in [0.05, 0.1) is 0 Å². The number of nitrogens with zero attached hydrogens (tertiary/aromatic N) is 1. The maximum atomic E-state index is 11.2. The quantitative estimate of drug-likeness (QED) is 0.741. The summed E-state index contributed by atoms with van der Waals surface area (Å²) in [6.45, 7) is 11.1. The lowest BCUT2D eigenvalue weighted by Crippen LogP contribution is -2.26. The van der Waals surface area contributed by atoms with E-state index in [-0.39, 0.29) is 0 Å². The summed E-state index contributed by atoms with van der Waals surface area (Å²) in [6, 6.07) is 6.16. The molecule has 0 aromatic heterocycles. The summed E-state index contributed by atoms with van der Waals surface area (Å²) >= 11 is 0. The van der Waals surface area contributed by atoms with E-state index in [0.717, 1.165) is 36.2 Å². The smallest absolute Gasteiger partial charge is 0.152 e. The van der Waals surface area contributed by atoms with Crippen LogP contribution in [0.2, 0.25) is 0 Å². The lowest BCUT2D eigenvalue weighted by atomic mass is 9.80. The van der Waals surface area contributed by atoms with Gasteiger partial charge in [0.1, 0.15) is 0 Å². The first-order valence-electron chi connectivity index (χ1n) is 6.72. The van der Waals surface area contributed by atoms with Gasteiger partial charge in [-0.25, -0.2) is 0 Å². The second-order valence-corrected chi connectivity index (χ2v) is 6.48. The topological polar surface area (TPSA) is 20.3 Å². The Balaban J connectivity index is 2.22. The molecule has 1 aliphatic heterocycles. The Morgan fingerprint density at radius 2 is 2.06 bits per heavy atom. The molecule has 2 nitrogen and oxygen atoms in total. The van der Waals surface area contributed by atoms with Crippen molar-refractivity contribution in [2.75, 3.05) is 18.0 Å². The van der Waals surface area contributed by atoms with E-state index in [1.807, 2.05) is 13.0 Å². The number of aryl methyl sites for hydroxylation is 1. The fourth-order valence-corrected chi connectivity index (χ4v) is 2.74. The summed E-state index contributed by atoms with van der Waals surface area (Å²) in [7, 11) is 0. The van der Waals surface area contributed by atoms with Crippen molar-refractivity contribution in [3.05, 3.63) is 29.3 Å². The Labute approximate surface area is 110 Å². The van der Waals surface area contributed by atoms with Gasteiger partial charge in [0.2, 0.25) is 0 Å². The minimum Gasteiger partial charge on any atom is -0.371 e. The summed E-state index contributed by atoms with van der Waals surface area (Å²) < 4.78 is 0. The van der Waals surface area contributed by atoms with Crippen molar-refractivity contribution in [2.24, 2.45) is 11.3 Å². The third-order valence-electron chi connectivity index (χ3n) is 4.06. The summed E-state index contributed by atoms with van der Waals surface area (Å²) in [5, 5.41) is 0. The molecule has 0 aliphatic carbocycles. The molecule has 0 bridgehead atoms. The second-order valence-electron chi connectivity index (χ2n) is 6.48. The predicted octanol–water partition coefficient (Wildman–Crippen LogP) is 3.68. The van der Waals surface area contributed by atoms with Gasteiger partial charge in [0.15, 0.2) is 6.29 Å². The van der Waals surface area contributed by atoms with Gasteiger partial charge in [-0.2, -0.15) is 0 Å². The predicted molar refractivity (Wildman–Crippen MR) is 76.3 cm³/mol. The maximum absolute atomic E-state index is 11.2. The van der Waals surface area contributed by atoms with Crippen LogP contribution in [0.25, 0.3) is 0 Å². The normalized spacial score (nSPS) is 20.2. The molecule has 1 saturated heterocycles. The van der Waals surface area contributed by atoms with E-state index in [9.17, 15) is 4.79 Å². The number of rotatable bonds is 2. The van der Waals surface area contributed by atoms with Crippen LogP contribution in [0.15, 0.2) is 18.2 Å². The minimum atomic E-state index is 0.348. The Kier molecular flexibility index (Phi) is 3.47. The van der Waals surface area contributed by atoms with Gasteiger partial charge in [-0.05, 0) is 36.8 Å². The molecule has 18 heavy (non-hydrogen) atoms. The third kappa shape index (κ3) is 2.58. The highest BCUT2D eigenvalue weighted by Gasteiger charge is 2.32. The van der Waals surface area contributed by atoms with E-state index in [0.29, 0.717) is 11.3 Å². The van der Waals surface area contributed by atoms with Crippen LogP contribution in [0, 0.1) is 18.3 Å². The monoisotopic (exact) mass is 245 g/mol. The zero-order valence-corrected chi connectivity index (χ0v) is 11.9. The summed E-state index contributed by atoms with van der Waals surface area (Å²) in [6.07, 6.45) is 2.20. The average Bonchev–Trinajstić information content (AvgIpc) is 2.77. The van der Waals surface area contributed by atoms with E-state index < -0.39 is 0 Å². The van der Waals surface area contributed by atoms with Crippen LogP contribution in [0.5, 0.6) is 0 Å². The van der Waals surface area contributed by atoms with Crippen LogP contribution in [0.3, 0.4) is 0 Å². The molecule has 1 atom stereocenters. The summed E-state index contributed by atoms with van der Waals surface area (Å²) in [5.74, 6) is 0.707. The van der Waals surface area contributed by atoms with Crippen LogP contribution in [0.1, 0.15) is 43.1 Å². The van der Waals surface area contributed by atoms with Crippen molar-refractivity contribution in [1.82, 2.24) is 0 Å². The molecular formula is C16H23NO. The molecule has 98 valence electrons. The Bertz CT molecular complexity index is 445. The van der Waals surface area contributed by atoms with Gasteiger partial charge in [-0.15, -0.1) is 0 Å². The molecule has 0 N–H and O–H groups in total. The van der Waals surface area contributed by atoms with Crippen LogP contribution in [-0.4, -0.2) is 19.4 Å². The average molecular weight is 245 g/mol. The molecule has 0 spiro atoms. The third-order valence-corrected chi connectivity index (χ3v) is 4.06. The van der Waals surface area contributed by atoms with Crippen molar-refractivity contribution in [3.8, 4) is 0 Å². The van der Waals surface area contributed by atoms with Crippen molar-refractivity contribution < 1.29 is 4.79 Å². The zero-order chi connectivity index (χ0) is 13.3. The number of hydrogen-bond donors (Lipinski definition) is 0. The van der Waals surface area contributed by atoms with Gasteiger partial charge >= 0.3 is 0 Å². The molecule has 0 saturated carbocycles. The number of carbonyl (C=O) groups excluding carboxylic acids is 1. The van der Waals surface area contributed by atoms with Gasteiger partial charge in [0, 0.05) is 24.3 Å². The zero-order valence-electron chi connectivity index (χ0n) is 11.9. The minimum absolute atomic E-state index is 0.348. The van der Waals surface area contributed by atoms with Crippen molar-refractivity contribution in [1.29, 1.82) is 0 Å². The highest BCUT2D eigenvalue weighted by Crippen LogP contribution is 2.36. The molecule has 1 aromatic carbocycles. The van der Waals surface area contributed by atoms with Crippen molar-refractivity contribution in [2.45, 2.75) is 34.1 Å². The first-order valence-corrected chi connectivity index (χ1v) is 6.72. The summed E-state index contributed by atoms with van der Waals surface area (Å²) in [4.78, 5) is 13.5. The van der Waals surface area contributed by atoms with Gasteiger partial charge in [0.25, 0.3) is 0 Å². The first-order chi connectivity index (χ1) is 8.41. The van der Waals surface area contributed by atoms with Crippen molar-refractivity contribution >= 4 is 12.0 Å². The number of carbonyl (C=O) groups is 1. The lowest BCUT2D eigenvalue weighted by molar-refractivity contribution is 0.112. The van der Waals surface area contributed by atoms with Crippen LogP contribution >= 0.6 is 0 Å². The number of hydrogen-bond acceptors (Lipinski definition) is 2. The van der Waals surface area contributed by atoms with Crippen molar-refractivity contribution in [3.63, 3.8) is 0 Å². The van der Waals surface area contributed by atoms with Gasteiger partial charge < -0.3 is 4.90 Å². The van der Waals surface area contributed by atoms with E-state index in [1.54, 1.807) is 0 Å². The Morgan fingerprint density at radius 3 is 2.61 bits per heavy atom. The lowest BCUT2D eigenvalue weighted by Gasteiger charge is -2.28. The molecule has 2 rings (SSSR count). The SMILES string of the molecule is Cc1ccc(N2CCC(C(C)(C)C)C2)c(C=O)c1. The van der Waals surface area contributed by atoms with Crippen LogP contribution < -0.4 is 4.90 Å². The van der Waals surface area contributed by atoms with Crippen LogP contribution in [-0.2, 0) is 0 Å². The molecule has 1 aliphatic rings. The molecule has 2 heteroatoms. The standard InChI is InChI=1S/C16H23NO/c1-12-5-6-15(13(9-12)11-18)17-8-7-14(10-17)16(2,3)4/h5-6,9,11,14H,7-8,10H2,1-4H3. The highest BCUT2D eigenvalue weighted by atomic mass is 16.1. The molecule has 1 unspecified atom stereocenters. The molecule has 0 amide bonds.